The molecule has 2 aliphatic rings. The molecule has 0 saturated carbocycles. The molecule has 26 heavy (non-hydrogen) atoms. The van der Waals surface area contributed by atoms with E-state index in [1.54, 1.807) is 12.2 Å². The van der Waals surface area contributed by atoms with Gasteiger partial charge in [0.25, 0.3) is 0 Å². The molecule has 2 aromatic rings. The molecule has 1 amide bonds. The fraction of sp³-hybridized carbons (Fsp3) is 0.238. The van der Waals surface area contributed by atoms with Crippen LogP contribution in [0.15, 0.2) is 60.7 Å². The Bertz CT molecular complexity index is 844. The fourth-order valence-corrected chi connectivity index (χ4v) is 3.78. The Morgan fingerprint density at radius 3 is 2.19 bits per heavy atom. The number of carbonyl (C=O) groups is 2. The number of fused-ring (bicyclic) bond motifs is 3. The Labute approximate surface area is 151 Å². The van der Waals surface area contributed by atoms with Crippen LogP contribution < -0.4 is 5.32 Å². The summed E-state index contributed by atoms with van der Waals surface area (Å²) in [6.45, 7) is 0.249. The number of alkyl carbamates (subject to hydrolysis) is 1. The van der Waals surface area contributed by atoms with Gasteiger partial charge in [0.15, 0.2) is 0 Å². The van der Waals surface area contributed by atoms with Crippen LogP contribution >= 0.6 is 0 Å². The predicted molar refractivity (Wildman–Crippen MR) is 96.9 cm³/mol. The van der Waals surface area contributed by atoms with E-state index in [0.29, 0.717) is 6.42 Å². The molecule has 2 atom stereocenters. The number of carboxylic acids is 1. The number of hydrogen-bond donors (Lipinski definition) is 2. The Balaban J connectivity index is 1.41. The molecule has 4 rings (SSSR count). The second-order valence-corrected chi connectivity index (χ2v) is 6.64. The average Bonchev–Trinajstić information content (AvgIpc) is 3.23. The van der Waals surface area contributed by atoms with Crippen LogP contribution in [0, 0.1) is 5.92 Å². The van der Waals surface area contributed by atoms with Gasteiger partial charge in [0.1, 0.15) is 6.61 Å². The summed E-state index contributed by atoms with van der Waals surface area (Å²) in [5, 5.41) is 11.7. The Kier molecular flexibility index (Phi) is 4.21. The van der Waals surface area contributed by atoms with E-state index >= 15 is 0 Å². The van der Waals surface area contributed by atoms with Gasteiger partial charge in [-0.2, -0.15) is 0 Å². The van der Waals surface area contributed by atoms with Crippen LogP contribution in [0.4, 0.5) is 4.79 Å². The van der Waals surface area contributed by atoms with Crippen molar-refractivity contribution in [1.29, 1.82) is 0 Å². The number of carbonyl (C=O) groups excluding carboxylic acids is 1. The minimum absolute atomic E-state index is 0.0130. The van der Waals surface area contributed by atoms with Crippen molar-refractivity contribution in [2.24, 2.45) is 5.92 Å². The molecule has 2 unspecified atom stereocenters. The largest absolute Gasteiger partial charge is 0.481 e. The Hall–Kier alpha value is -3.08. The summed E-state index contributed by atoms with van der Waals surface area (Å²) in [7, 11) is 0. The van der Waals surface area contributed by atoms with Crippen molar-refractivity contribution in [3.8, 4) is 11.1 Å². The molecule has 2 aliphatic carbocycles. The topological polar surface area (TPSA) is 75.6 Å². The second kappa shape index (κ2) is 6.67. The van der Waals surface area contributed by atoms with E-state index < -0.39 is 18.0 Å². The number of benzene rings is 2. The third-order valence-corrected chi connectivity index (χ3v) is 5.05. The minimum Gasteiger partial charge on any atom is -0.481 e. The first kappa shape index (κ1) is 16.4. The predicted octanol–water partition coefficient (Wildman–Crippen LogP) is 3.55. The molecular weight excluding hydrogens is 330 g/mol. The lowest BCUT2D eigenvalue weighted by molar-refractivity contribution is -0.140. The van der Waals surface area contributed by atoms with E-state index in [2.05, 4.69) is 29.6 Å². The zero-order chi connectivity index (χ0) is 18.1. The van der Waals surface area contributed by atoms with Gasteiger partial charge in [-0.1, -0.05) is 60.7 Å². The molecule has 0 saturated heterocycles. The molecule has 0 aromatic heterocycles. The highest BCUT2D eigenvalue weighted by Gasteiger charge is 2.30. The van der Waals surface area contributed by atoms with E-state index in [9.17, 15) is 9.59 Å². The fourth-order valence-electron chi connectivity index (χ4n) is 3.78. The molecule has 5 heteroatoms. The van der Waals surface area contributed by atoms with Crippen LogP contribution in [0.2, 0.25) is 0 Å². The highest BCUT2D eigenvalue weighted by Crippen LogP contribution is 2.44. The number of aliphatic carboxylic acids is 1. The van der Waals surface area contributed by atoms with Crippen molar-refractivity contribution >= 4 is 12.1 Å². The van der Waals surface area contributed by atoms with Crippen molar-refractivity contribution in [2.45, 2.75) is 18.4 Å². The maximum absolute atomic E-state index is 12.1. The van der Waals surface area contributed by atoms with Gasteiger partial charge in [-0.25, -0.2) is 4.79 Å². The first-order chi connectivity index (χ1) is 12.6. The lowest BCUT2D eigenvalue weighted by Crippen LogP contribution is -2.34. The monoisotopic (exact) mass is 349 g/mol. The summed E-state index contributed by atoms with van der Waals surface area (Å²) in [6, 6.07) is 16.0. The van der Waals surface area contributed by atoms with E-state index in [1.807, 2.05) is 24.3 Å². The highest BCUT2D eigenvalue weighted by molar-refractivity contribution is 5.79. The lowest BCUT2D eigenvalue weighted by atomic mass is 9.98. The molecule has 2 aromatic carbocycles. The van der Waals surface area contributed by atoms with Gasteiger partial charge in [0, 0.05) is 5.92 Å². The van der Waals surface area contributed by atoms with Crippen LogP contribution in [0.5, 0.6) is 0 Å². The van der Waals surface area contributed by atoms with Crippen molar-refractivity contribution < 1.29 is 19.4 Å². The van der Waals surface area contributed by atoms with Crippen molar-refractivity contribution in [3.05, 3.63) is 71.8 Å². The summed E-state index contributed by atoms with van der Waals surface area (Å²) < 4.78 is 5.47. The third kappa shape index (κ3) is 2.96. The first-order valence-electron chi connectivity index (χ1n) is 8.66. The maximum atomic E-state index is 12.1. The van der Waals surface area contributed by atoms with Crippen molar-refractivity contribution in [2.75, 3.05) is 6.61 Å². The summed E-state index contributed by atoms with van der Waals surface area (Å²) in [5.74, 6) is -1.41. The Morgan fingerprint density at radius 1 is 1.00 bits per heavy atom. The molecule has 0 heterocycles. The van der Waals surface area contributed by atoms with Gasteiger partial charge in [-0.3, -0.25) is 4.79 Å². The molecule has 0 fully saturated rings. The summed E-state index contributed by atoms with van der Waals surface area (Å²) in [5.41, 5.74) is 4.68. The number of ether oxygens (including phenoxy) is 1. The molecular formula is C21H19NO4. The van der Waals surface area contributed by atoms with Gasteiger partial charge in [0.2, 0.25) is 0 Å². The molecule has 0 spiro atoms. The van der Waals surface area contributed by atoms with Gasteiger partial charge in [-0.15, -0.1) is 0 Å². The number of hydrogen-bond acceptors (Lipinski definition) is 3. The highest BCUT2D eigenvalue weighted by atomic mass is 16.5. The van der Waals surface area contributed by atoms with E-state index in [4.69, 9.17) is 9.84 Å². The summed E-state index contributed by atoms with van der Waals surface area (Å²) in [6.07, 6.45) is 3.16. The minimum atomic E-state index is -0.877. The quantitative estimate of drug-likeness (QED) is 0.828. The van der Waals surface area contributed by atoms with Crippen LogP contribution in [0.3, 0.4) is 0 Å². The van der Waals surface area contributed by atoms with Crippen LogP contribution in [0.25, 0.3) is 11.1 Å². The van der Waals surface area contributed by atoms with E-state index in [-0.39, 0.29) is 18.6 Å². The van der Waals surface area contributed by atoms with Gasteiger partial charge in [0.05, 0.1) is 12.0 Å². The lowest BCUT2D eigenvalue weighted by Gasteiger charge is -2.16. The average molecular weight is 349 g/mol. The van der Waals surface area contributed by atoms with Crippen LogP contribution in [-0.2, 0) is 9.53 Å². The standard InChI is InChI=1S/C21H19NO4/c23-20(24)13-9-10-14(11-13)22-21(25)26-12-19-17-7-3-1-5-15(17)16-6-2-4-8-18(16)19/h1-10,13-14,19H,11-12H2,(H,22,25)(H,23,24). The van der Waals surface area contributed by atoms with Crippen molar-refractivity contribution in [1.82, 2.24) is 5.32 Å². The van der Waals surface area contributed by atoms with E-state index in [0.717, 1.165) is 11.1 Å². The molecule has 0 aliphatic heterocycles. The number of carboxylic acid groups (broad SMARTS) is 1. The SMILES string of the molecule is O=C(NC1C=CC(C(=O)O)C1)OCC1c2ccccc2-c2ccccc21. The maximum Gasteiger partial charge on any atom is 0.407 e. The van der Waals surface area contributed by atoms with Crippen molar-refractivity contribution in [3.63, 3.8) is 0 Å². The Morgan fingerprint density at radius 2 is 1.62 bits per heavy atom. The zero-order valence-corrected chi connectivity index (χ0v) is 14.1. The normalized spacial score (nSPS) is 20.5. The smallest absolute Gasteiger partial charge is 0.407 e. The molecule has 132 valence electrons. The van der Waals surface area contributed by atoms with Gasteiger partial charge < -0.3 is 15.2 Å². The van der Waals surface area contributed by atoms with Crippen LogP contribution in [0.1, 0.15) is 23.5 Å². The first-order valence-corrected chi connectivity index (χ1v) is 8.66. The summed E-state index contributed by atoms with van der Waals surface area (Å²) >= 11 is 0. The molecule has 2 N–H and O–H groups in total. The zero-order valence-electron chi connectivity index (χ0n) is 14.1. The second-order valence-electron chi connectivity index (χ2n) is 6.64. The molecule has 0 bridgehead atoms. The number of rotatable bonds is 4. The van der Waals surface area contributed by atoms with E-state index in [1.165, 1.54) is 11.1 Å². The third-order valence-electron chi connectivity index (χ3n) is 5.05. The van der Waals surface area contributed by atoms with Crippen LogP contribution in [-0.4, -0.2) is 29.8 Å². The summed E-state index contributed by atoms with van der Waals surface area (Å²) in [4.78, 5) is 23.1. The number of amides is 1. The molecule has 0 radical (unpaired) electrons. The molecule has 5 nitrogen and oxygen atoms in total. The van der Waals surface area contributed by atoms with Gasteiger partial charge >= 0.3 is 12.1 Å². The van der Waals surface area contributed by atoms with Gasteiger partial charge in [-0.05, 0) is 28.7 Å². The number of nitrogens with one attached hydrogen (secondary N) is 1.